The zero-order valence-corrected chi connectivity index (χ0v) is 16.5. The molecule has 4 nitrogen and oxygen atoms in total. The molecular weight excluding hydrogens is 416 g/mol. The summed E-state index contributed by atoms with van der Waals surface area (Å²) in [5.41, 5.74) is 0. The third-order valence-corrected chi connectivity index (χ3v) is 4.22. The van der Waals surface area contributed by atoms with Gasteiger partial charge in [0.25, 0.3) is 0 Å². The molecule has 0 aromatic heterocycles. The lowest BCUT2D eigenvalue weighted by atomic mass is 10.2. The Morgan fingerprint density at radius 1 is 0.591 bits per heavy atom. The highest BCUT2D eigenvalue weighted by molar-refractivity contribution is 9.09. The maximum Gasteiger partial charge on any atom is 0.305 e. The summed E-state index contributed by atoms with van der Waals surface area (Å²) >= 11 is 6.66. The Kier molecular flexibility index (Phi) is 17.2. The summed E-state index contributed by atoms with van der Waals surface area (Å²) in [7, 11) is 0. The summed E-state index contributed by atoms with van der Waals surface area (Å²) in [6.45, 7) is 0.999. The number of hydrogen-bond donors (Lipinski definition) is 0. The van der Waals surface area contributed by atoms with Crippen LogP contribution in [0.25, 0.3) is 0 Å². The lowest BCUT2D eigenvalue weighted by Crippen LogP contribution is -2.07. The minimum absolute atomic E-state index is 0.0987. The zero-order chi connectivity index (χ0) is 16.5. The first-order valence-corrected chi connectivity index (χ1v) is 10.4. The zero-order valence-electron chi connectivity index (χ0n) is 13.3. The molecule has 0 bridgehead atoms. The standard InChI is InChI=1S/C16H28Br2O4/c17-11-5-3-9-15(19)21-13-7-1-2-8-14-22-16(20)10-4-6-12-18/h1-14H2. The molecule has 0 unspecified atom stereocenters. The van der Waals surface area contributed by atoms with Crippen molar-refractivity contribution < 1.29 is 19.1 Å². The smallest absolute Gasteiger partial charge is 0.305 e. The summed E-state index contributed by atoms with van der Waals surface area (Å²) in [4.78, 5) is 22.7. The molecule has 22 heavy (non-hydrogen) atoms. The van der Waals surface area contributed by atoms with Crippen molar-refractivity contribution in [1.82, 2.24) is 0 Å². The Labute approximate surface area is 150 Å². The summed E-state index contributed by atoms with van der Waals surface area (Å²) in [5.74, 6) is -0.197. The molecule has 0 saturated heterocycles. The second-order valence-corrected chi connectivity index (χ2v) is 6.73. The first kappa shape index (κ1) is 21.9. The quantitative estimate of drug-likeness (QED) is 0.208. The maximum atomic E-state index is 11.3. The Morgan fingerprint density at radius 2 is 1.00 bits per heavy atom. The SMILES string of the molecule is O=C(CCCCBr)OCCCCCCOC(=O)CCCCBr. The van der Waals surface area contributed by atoms with Crippen molar-refractivity contribution in [2.45, 2.75) is 64.2 Å². The van der Waals surface area contributed by atoms with Gasteiger partial charge < -0.3 is 9.47 Å². The van der Waals surface area contributed by atoms with Gasteiger partial charge in [0.05, 0.1) is 13.2 Å². The second-order valence-electron chi connectivity index (χ2n) is 5.15. The summed E-state index contributed by atoms with van der Waals surface area (Å²) in [6, 6.07) is 0. The molecule has 0 atom stereocenters. The van der Waals surface area contributed by atoms with Gasteiger partial charge in [0.1, 0.15) is 0 Å². The summed E-state index contributed by atoms with van der Waals surface area (Å²) in [5, 5.41) is 1.86. The van der Waals surface area contributed by atoms with Crippen molar-refractivity contribution in [3.05, 3.63) is 0 Å². The van der Waals surface area contributed by atoms with Crippen molar-refractivity contribution in [2.75, 3.05) is 23.9 Å². The number of alkyl halides is 2. The number of halogens is 2. The molecule has 0 saturated carbocycles. The van der Waals surface area contributed by atoms with E-state index in [-0.39, 0.29) is 11.9 Å². The Hall–Kier alpha value is -0.100. The average molecular weight is 444 g/mol. The van der Waals surface area contributed by atoms with Gasteiger partial charge in [-0.3, -0.25) is 9.59 Å². The normalized spacial score (nSPS) is 10.5. The Bertz CT molecular complexity index is 257. The van der Waals surface area contributed by atoms with Crippen LogP contribution in [0.5, 0.6) is 0 Å². The first-order valence-electron chi connectivity index (χ1n) is 8.14. The predicted octanol–water partition coefficient (Wildman–Crippen LogP) is 4.76. The van der Waals surface area contributed by atoms with Gasteiger partial charge >= 0.3 is 11.9 Å². The van der Waals surface area contributed by atoms with Crippen molar-refractivity contribution in [1.29, 1.82) is 0 Å². The molecule has 0 aromatic carbocycles. The minimum atomic E-state index is -0.0987. The van der Waals surface area contributed by atoms with Gasteiger partial charge in [0, 0.05) is 23.5 Å². The van der Waals surface area contributed by atoms with Crippen molar-refractivity contribution in [3.63, 3.8) is 0 Å². The van der Waals surface area contributed by atoms with Crippen LogP contribution in [0.4, 0.5) is 0 Å². The fraction of sp³-hybridized carbons (Fsp3) is 0.875. The van der Waals surface area contributed by atoms with Gasteiger partial charge in [-0.25, -0.2) is 0 Å². The third kappa shape index (κ3) is 16.3. The Balaban J connectivity index is 3.23. The van der Waals surface area contributed by atoms with Crippen LogP contribution in [0, 0.1) is 0 Å². The predicted molar refractivity (Wildman–Crippen MR) is 95.7 cm³/mol. The number of unbranched alkanes of at least 4 members (excludes halogenated alkanes) is 5. The maximum absolute atomic E-state index is 11.3. The molecule has 0 fully saturated rings. The molecule has 0 spiro atoms. The number of ether oxygens (including phenoxy) is 2. The highest BCUT2D eigenvalue weighted by Gasteiger charge is 2.03. The number of carbonyl (C=O) groups excluding carboxylic acids is 2. The molecule has 0 aliphatic carbocycles. The van der Waals surface area contributed by atoms with Gasteiger partial charge in [-0.15, -0.1) is 0 Å². The minimum Gasteiger partial charge on any atom is -0.466 e. The molecule has 6 heteroatoms. The van der Waals surface area contributed by atoms with Crippen molar-refractivity contribution in [3.8, 4) is 0 Å². The van der Waals surface area contributed by atoms with Gasteiger partial charge in [-0.1, -0.05) is 31.9 Å². The monoisotopic (exact) mass is 442 g/mol. The fourth-order valence-corrected chi connectivity index (χ4v) is 2.59. The van der Waals surface area contributed by atoms with Crippen LogP contribution in [0.1, 0.15) is 64.2 Å². The highest BCUT2D eigenvalue weighted by Crippen LogP contribution is 2.05. The van der Waals surface area contributed by atoms with Gasteiger partial charge in [-0.05, 0) is 51.4 Å². The topological polar surface area (TPSA) is 52.6 Å². The highest BCUT2D eigenvalue weighted by atomic mass is 79.9. The second kappa shape index (κ2) is 17.3. The molecule has 0 aliphatic rings. The van der Waals surface area contributed by atoms with Gasteiger partial charge in [0.2, 0.25) is 0 Å². The molecule has 0 rings (SSSR count). The van der Waals surface area contributed by atoms with Crippen LogP contribution in [0.3, 0.4) is 0 Å². The molecule has 0 aromatic rings. The van der Waals surface area contributed by atoms with E-state index in [0.29, 0.717) is 26.1 Å². The number of hydrogen-bond acceptors (Lipinski definition) is 4. The lowest BCUT2D eigenvalue weighted by Gasteiger charge is -2.06. The van der Waals surface area contributed by atoms with Crippen LogP contribution >= 0.6 is 31.9 Å². The fourth-order valence-electron chi connectivity index (χ4n) is 1.80. The first-order chi connectivity index (χ1) is 10.7. The van der Waals surface area contributed by atoms with Crippen LogP contribution in [-0.2, 0) is 19.1 Å². The van der Waals surface area contributed by atoms with E-state index in [0.717, 1.165) is 62.0 Å². The van der Waals surface area contributed by atoms with Crippen molar-refractivity contribution in [2.24, 2.45) is 0 Å². The van der Waals surface area contributed by atoms with E-state index in [1.807, 2.05) is 0 Å². The number of rotatable bonds is 15. The molecule has 0 heterocycles. The van der Waals surface area contributed by atoms with Crippen LogP contribution in [-0.4, -0.2) is 35.8 Å². The van der Waals surface area contributed by atoms with Gasteiger partial charge in [0.15, 0.2) is 0 Å². The van der Waals surface area contributed by atoms with Crippen LogP contribution in [0.2, 0.25) is 0 Å². The largest absolute Gasteiger partial charge is 0.466 e. The lowest BCUT2D eigenvalue weighted by molar-refractivity contribution is -0.145. The Morgan fingerprint density at radius 3 is 1.36 bits per heavy atom. The van der Waals surface area contributed by atoms with E-state index in [4.69, 9.17) is 9.47 Å². The summed E-state index contributed by atoms with van der Waals surface area (Å²) in [6.07, 6.45) is 8.54. The van der Waals surface area contributed by atoms with E-state index < -0.39 is 0 Å². The van der Waals surface area contributed by atoms with Gasteiger partial charge in [-0.2, -0.15) is 0 Å². The molecule has 0 N–H and O–H groups in total. The van der Waals surface area contributed by atoms with E-state index in [9.17, 15) is 9.59 Å². The molecule has 0 radical (unpaired) electrons. The van der Waals surface area contributed by atoms with E-state index in [1.165, 1.54) is 0 Å². The molecule has 130 valence electrons. The van der Waals surface area contributed by atoms with Crippen LogP contribution < -0.4 is 0 Å². The summed E-state index contributed by atoms with van der Waals surface area (Å²) < 4.78 is 10.3. The van der Waals surface area contributed by atoms with E-state index in [2.05, 4.69) is 31.9 Å². The van der Waals surface area contributed by atoms with Crippen molar-refractivity contribution >= 4 is 43.8 Å². The molecular formula is C16H28Br2O4. The van der Waals surface area contributed by atoms with E-state index in [1.54, 1.807) is 0 Å². The third-order valence-electron chi connectivity index (χ3n) is 3.09. The molecule has 0 aliphatic heterocycles. The average Bonchev–Trinajstić information content (AvgIpc) is 2.50. The molecule has 0 amide bonds. The number of esters is 2. The van der Waals surface area contributed by atoms with E-state index >= 15 is 0 Å². The number of carbonyl (C=O) groups is 2. The van der Waals surface area contributed by atoms with Crippen LogP contribution in [0.15, 0.2) is 0 Å².